The summed E-state index contributed by atoms with van der Waals surface area (Å²) >= 11 is 0. The van der Waals surface area contributed by atoms with Gasteiger partial charge in [-0.3, -0.25) is 9.79 Å². The van der Waals surface area contributed by atoms with Gasteiger partial charge in [0.05, 0.1) is 24.9 Å². The second-order valence-corrected chi connectivity index (χ2v) is 4.14. The molecule has 0 saturated heterocycles. The van der Waals surface area contributed by atoms with Gasteiger partial charge in [0.25, 0.3) is 5.91 Å². The van der Waals surface area contributed by atoms with Crippen molar-refractivity contribution in [3.05, 3.63) is 47.3 Å². The molecule has 3 rings (SSSR count). The van der Waals surface area contributed by atoms with E-state index in [1.54, 1.807) is 17.9 Å². The molecule has 1 aliphatic heterocycles. The summed E-state index contributed by atoms with van der Waals surface area (Å²) in [5.41, 5.74) is 7.16. The van der Waals surface area contributed by atoms with E-state index in [0.717, 1.165) is 11.3 Å². The maximum Gasteiger partial charge on any atom is 0.269 e. The van der Waals surface area contributed by atoms with E-state index in [-0.39, 0.29) is 5.69 Å². The molecule has 1 aromatic carbocycles. The van der Waals surface area contributed by atoms with E-state index >= 15 is 0 Å². The summed E-state index contributed by atoms with van der Waals surface area (Å²) in [5.74, 6) is 0.839. The highest BCUT2D eigenvalue weighted by molar-refractivity contribution is 6.04. The van der Waals surface area contributed by atoms with Crippen LogP contribution in [0.25, 0.3) is 0 Å². The first-order valence-corrected chi connectivity index (χ1v) is 5.77. The molecule has 0 unspecified atom stereocenters. The Morgan fingerprint density at radius 2 is 2.21 bits per heavy atom. The largest absolute Gasteiger partial charge is 0.496 e. The molecule has 0 atom stereocenters. The van der Waals surface area contributed by atoms with Crippen LogP contribution >= 0.6 is 0 Å². The minimum atomic E-state index is -0.540. The minimum Gasteiger partial charge on any atom is -0.496 e. The van der Waals surface area contributed by atoms with Crippen LogP contribution in [0, 0.1) is 0 Å². The smallest absolute Gasteiger partial charge is 0.269 e. The molecule has 0 spiro atoms. The third-order valence-corrected chi connectivity index (χ3v) is 2.97. The second-order valence-electron chi connectivity index (χ2n) is 4.14. The van der Waals surface area contributed by atoms with Gasteiger partial charge in [-0.25, -0.2) is 4.68 Å². The number of fused-ring (bicyclic) bond motifs is 1. The van der Waals surface area contributed by atoms with Crippen LogP contribution in [0.2, 0.25) is 0 Å². The number of ether oxygens (including phenoxy) is 1. The number of nitrogens with zero attached hydrogens (tertiary/aromatic N) is 3. The number of methoxy groups -OCH3 is 1. The summed E-state index contributed by atoms with van der Waals surface area (Å²) in [7, 11) is 1.60. The Bertz CT molecular complexity index is 688. The molecule has 0 bridgehead atoms. The average Bonchev–Trinajstić information content (AvgIpc) is 2.98. The van der Waals surface area contributed by atoms with Crippen molar-refractivity contribution in [2.75, 3.05) is 7.11 Å². The minimum absolute atomic E-state index is 0.247. The summed E-state index contributed by atoms with van der Waals surface area (Å²) in [6, 6.07) is 9.20. The van der Waals surface area contributed by atoms with Crippen molar-refractivity contribution in [1.29, 1.82) is 0 Å². The predicted octanol–water partition coefficient (Wildman–Crippen LogP) is 0.799. The first-order chi connectivity index (χ1) is 9.20. The summed E-state index contributed by atoms with van der Waals surface area (Å²) in [6.07, 6.45) is 0. The van der Waals surface area contributed by atoms with Gasteiger partial charge in [0, 0.05) is 0 Å². The van der Waals surface area contributed by atoms with E-state index in [2.05, 4.69) is 10.1 Å². The summed E-state index contributed by atoms with van der Waals surface area (Å²) in [5, 5.41) is 4.18. The first kappa shape index (κ1) is 11.5. The van der Waals surface area contributed by atoms with Gasteiger partial charge in [-0.05, 0) is 18.2 Å². The Balaban J connectivity index is 2.08. The van der Waals surface area contributed by atoms with Crippen molar-refractivity contribution >= 4 is 11.7 Å². The predicted molar refractivity (Wildman–Crippen MR) is 69.4 cm³/mol. The number of hydrogen-bond acceptors (Lipinski definition) is 4. The summed E-state index contributed by atoms with van der Waals surface area (Å²) in [6.45, 7) is 0.480. The number of amides is 1. The lowest BCUT2D eigenvalue weighted by Crippen LogP contribution is -2.17. The quantitative estimate of drug-likeness (QED) is 0.881. The molecular weight excluding hydrogens is 244 g/mol. The van der Waals surface area contributed by atoms with Crippen molar-refractivity contribution in [2.45, 2.75) is 6.54 Å². The Morgan fingerprint density at radius 1 is 1.42 bits per heavy atom. The van der Waals surface area contributed by atoms with Crippen LogP contribution in [-0.2, 0) is 6.54 Å². The molecule has 6 nitrogen and oxygen atoms in total. The van der Waals surface area contributed by atoms with Crippen LogP contribution in [0.1, 0.15) is 21.7 Å². The summed E-state index contributed by atoms with van der Waals surface area (Å²) < 4.78 is 6.95. The highest BCUT2D eigenvalue weighted by atomic mass is 16.5. The van der Waals surface area contributed by atoms with Gasteiger partial charge in [0.2, 0.25) is 0 Å². The lowest BCUT2D eigenvalue weighted by Gasteiger charge is -2.08. The number of nitrogens with two attached hydrogens (primary N) is 1. The first-order valence-electron chi connectivity index (χ1n) is 5.77. The fourth-order valence-electron chi connectivity index (χ4n) is 2.09. The van der Waals surface area contributed by atoms with Gasteiger partial charge in [-0.15, -0.1) is 0 Å². The Hall–Kier alpha value is -2.63. The molecule has 19 heavy (non-hydrogen) atoms. The van der Waals surface area contributed by atoms with Crippen LogP contribution in [0.15, 0.2) is 35.3 Å². The standard InChI is InChI=1S/C13H12N4O2/c1-19-11-5-3-2-4-9(11)13-15-7-8-6-10(12(14)18)16-17(8)13/h2-6H,7H2,1H3,(H2,14,18). The fraction of sp³-hybridized carbons (Fsp3) is 0.154. The number of carbonyl (C=O) groups is 1. The monoisotopic (exact) mass is 256 g/mol. The Labute approximate surface area is 109 Å². The molecule has 2 heterocycles. The maximum atomic E-state index is 11.2. The number of hydrogen-bond donors (Lipinski definition) is 1. The third-order valence-electron chi connectivity index (χ3n) is 2.97. The lowest BCUT2D eigenvalue weighted by atomic mass is 10.2. The van der Waals surface area contributed by atoms with Crippen LogP contribution in [0.4, 0.5) is 0 Å². The Kier molecular flexibility index (Phi) is 2.56. The van der Waals surface area contributed by atoms with Crippen molar-refractivity contribution < 1.29 is 9.53 Å². The van der Waals surface area contributed by atoms with Crippen molar-refractivity contribution in [1.82, 2.24) is 9.78 Å². The van der Waals surface area contributed by atoms with Crippen LogP contribution in [0.5, 0.6) is 5.75 Å². The molecular formula is C13H12N4O2. The fourth-order valence-corrected chi connectivity index (χ4v) is 2.09. The number of para-hydroxylation sites is 1. The van der Waals surface area contributed by atoms with Gasteiger partial charge in [0.1, 0.15) is 5.75 Å². The zero-order valence-corrected chi connectivity index (χ0v) is 10.3. The third kappa shape index (κ3) is 1.77. The number of carbonyl (C=O) groups excluding carboxylic acids is 1. The van der Waals surface area contributed by atoms with Gasteiger partial charge >= 0.3 is 0 Å². The Morgan fingerprint density at radius 3 is 2.95 bits per heavy atom. The topological polar surface area (TPSA) is 82.5 Å². The lowest BCUT2D eigenvalue weighted by molar-refractivity contribution is 0.0995. The zero-order chi connectivity index (χ0) is 13.4. The van der Waals surface area contributed by atoms with Crippen LogP contribution in [-0.4, -0.2) is 28.6 Å². The molecule has 2 aromatic rings. The maximum absolute atomic E-state index is 11.2. The van der Waals surface area contributed by atoms with E-state index in [1.165, 1.54) is 0 Å². The SMILES string of the molecule is COc1ccccc1C1=NCc2cc(C(N)=O)nn21. The number of benzene rings is 1. The van der Waals surface area contributed by atoms with Gasteiger partial charge < -0.3 is 10.5 Å². The highest BCUT2D eigenvalue weighted by Crippen LogP contribution is 2.23. The van der Waals surface area contributed by atoms with Crippen molar-refractivity contribution in [3.63, 3.8) is 0 Å². The van der Waals surface area contributed by atoms with E-state index < -0.39 is 5.91 Å². The normalized spacial score (nSPS) is 13.0. The highest BCUT2D eigenvalue weighted by Gasteiger charge is 2.23. The van der Waals surface area contributed by atoms with E-state index in [4.69, 9.17) is 10.5 Å². The molecule has 96 valence electrons. The molecule has 0 fully saturated rings. The molecule has 0 saturated carbocycles. The van der Waals surface area contributed by atoms with E-state index in [9.17, 15) is 4.79 Å². The van der Waals surface area contributed by atoms with Crippen LogP contribution in [0.3, 0.4) is 0 Å². The van der Waals surface area contributed by atoms with E-state index in [1.807, 2.05) is 24.3 Å². The average molecular weight is 256 g/mol. The molecule has 0 aliphatic carbocycles. The molecule has 1 aliphatic rings. The zero-order valence-electron chi connectivity index (χ0n) is 10.3. The molecule has 6 heteroatoms. The van der Waals surface area contributed by atoms with Gasteiger partial charge in [-0.1, -0.05) is 12.1 Å². The molecule has 1 aromatic heterocycles. The number of aromatic nitrogens is 2. The van der Waals surface area contributed by atoms with Crippen LogP contribution < -0.4 is 10.5 Å². The van der Waals surface area contributed by atoms with Crippen molar-refractivity contribution in [3.8, 4) is 5.75 Å². The molecule has 2 N–H and O–H groups in total. The summed E-state index contributed by atoms with van der Waals surface area (Å²) in [4.78, 5) is 15.6. The number of aliphatic imine (C=N–C) groups is 1. The second kappa shape index (κ2) is 4.24. The van der Waals surface area contributed by atoms with Crippen molar-refractivity contribution in [2.24, 2.45) is 10.7 Å². The molecule has 0 radical (unpaired) electrons. The van der Waals surface area contributed by atoms with Gasteiger partial charge in [-0.2, -0.15) is 5.10 Å². The van der Waals surface area contributed by atoms with E-state index in [0.29, 0.717) is 18.1 Å². The number of rotatable bonds is 3. The molecule has 1 amide bonds. The number of primary amides is 1. The van der Waals surface area contributed by atoms with Gasteiger partial charge in [0.15, 0.2) is 11.5 Å².